The summed E-state index contributed by atoms with van der Waals surface area (Å²) in [5, 5.41) is 3.08. The van der Waals surface area contributed by atoms with Crippen molar-refractivity contribution in [2.75, 3.05) is 33.9 Å². The molecule has 0 bridgehead atoms. The number of hydrogen-bond donors (Lipinski definition) is 1. The standard InChI is InChI=1S/C15H20F2N2O4.ClH/c1-19(14(20)11-9-22-6-5-18-11)8-10-3-4-12(21-2)13(7-10)23-15(16)17;/h3-4,7,11,15,18H,5-6,8-9H2,1-2H3;1H. The fraction of sp³-hybridized carbons (Fsp3) is 0.533. The van der Waals surface area contributed by atoms with E-state index in [-0.39, 0.29) is 42.4 Å². The van der Waals surface area contributed by atoms with Gasteiger partial charge in [0.15, 0.2) is 11.5 Å². The number of amides is 1. The van der Waals surface area contributed by atoms with Crippen molar-refractivity contribution in [2.45, 2.75) is 19.2 Å². The lowest BCUT2D eigenvalue weighted by Gasteiger charge is -2.27. The van der Waals surface area contributed by atoms with Crippen molar-refractivity contribution >= 4 is 18.3 Å². The van der Waals surface area contributed by atoms with Crippen LogP contribution in [0.5, 0.6) is 11.5 Å². The molecule has 136 valence electrons. The van der Waals surface area contributed by atoms with Gasteiger partial charge in [-0.15, -0.1) is 12.4 Å². The summed E-state index contributed by atoms with van der Waals surface area (Å²) in [6.07, 6.45) is 0. The molecule has 1 atom stereocenters. The molecule has 0 spiro atoms. The van der Waals surface area contributed by atoms with Gasteiger partial charge in [-0.05, 0) is 17.7 Å². The van der Waals surface area contributed by atoms with Crippen molar-refractivity contribution in [3.8, 4) is 11.5 Å². The summed E-state index contributed by atoms with van der Waals surface area (Å²) in [4.78, 5) is 13.8. The largest absolute Gasteiger partial charge is 0.493 e. The van der Waals surface area contributed by atoms with Gasteiger partial charge in [-0.3, -0.25) is 4.79 Å². The minimum absolute atomic E-state index is 0. The van der Waals surface area contributed by atoms with Gasteiger partial charge < -0.3 is 24.4 Å². The van der Waals surface area contributed by atoms with Crippen LogP contribution in [0.15, 0.2) is 18.2 Å². The number of hydrogen-bond acceptors (Lipinski definition) is 5. The van der Waals surface area contributed by atoms with E-state index >= 15 is 0 Å². The molecular formula is C15H21ClF2N2O4. The molecule has 1 unspecified atom stereocenters. The minimum Gasteiger partial charge on any atom is -0.493 e. The molecule has 0 saturated carbocycles. The number of methoxy groups -OCH3 is 1. The van der Waals surface area contributed by atoms with Crippen molar-refractivity contribution in [3.05, 3.63) is 23.8 Å². The molecule has 1 aliphatic heterocycles. The monoisotopic (exact) mass is 366 g/mol. The number of carbonyl (C=O) groups excluding carboxylic acids is 1. The molecule has 1 fully saturated rings. The molecule has 6 nitrogen and oxygen atoms in total. The van der Waals surface area contributed by atoms with Crippen LogP contribution in [-0.2, 0) is 16.1 Å². The third kappa shape index (κ3) is 5.47. The summed E-state index contributed by atoms with van der Waals surface area (Å²) in [5.41, 5.74) is 0.661. The number of nitrogens with one attached hydrogen (secondary N) is 1. The molecule has 9 heteroatoms. The summed E-state index contributed by atoms with van der Waals surface area (Å²) in [5.74, 6) is 0.0437. The average molecular weight is 367 g/mol. The van der Waals surface area contributed by atoms with Crippen molar-refractivity contribution < 1.29 is 27.8 Å². The molecule has 1 heterocycles. The summed E-state index contributed by atoms with van der Waals surface area (Å²) >= 11 is 0. The van der Waals surface area contributed by atoms with Gasteiger partial charge in [-0.25, -0.2) is 0 Å². The van der Waals surface area contributed by atoms with Crippen LogP contribution in [0.25, 0.3) is 0 Å². The van der Waals surface area contributed by atoms with Crippen LogP contribution >= 0.6 is 12.4 Å². The zero-order chi connectivity index (χ0) is 16.8. The Morgan fingerprint density at radius 3 is 2.79 bits per heavy atom. The topological polar surface area (TPSA) is 60.0 Å². The van der Waals surface area contributed by atoms with Crippen molar-refractivity contribution in [3.63, 3.8) is 0 Å². The Kier molecular flexibility index (Phi) is 8.17. The molecule has 0 aliphatic carbocycles. The first-order chi connectivity index (χ1) is 11.0. The van der Waals surface area contributed by atoms with E-state index in [0.29, 0.717) is 25.3 Å². The van der Waals surface area contributed by atoms with Gasteiger partial charge >= 0.3 is 6.61 Å². The number of morpholine rings is 1. The molecule has 1 amide bonds. The first kappa shape index (κ1) is 20.4. The first-order valence-corrected chi connectivity index (χ1v) is 7.19. The van der Waals surface area contributed by atoms with Gasteiger partial charge in [0.1, 0.15) is 6.04 Å². The summed E-state index contributed by atoms with van der Waals surface area (Å²) < 4.78 is 39.6. The lowest BCUT2D eigenvalue weighted by atomic mass is 10.1. The Morgan fingerprint density at radius 1 is 1.46 bits per heavy atom. The van der Waals surface area contributed by atoms with Gasteiger partial charge in [0.05, 0.1) is 20.3 Å². The number of carbonyl (C=O) groups is 1. The highest BCUT2D eigenvalue weighted by Gasteiger charge is 2.24. The second kappa shape index (κ2) is 9.61. The van der Waals surface area contributed by atoms with Gasteiger partial charge in [-0.1, -0.05) is 6.07 Å². The average Bonchev–Trinajstić information content (AvgIpc) is 2.54. The molecule has 1 N–H and O–H groups in total. The molecule has 24 heavy (non-hydrogen) atoms. The molecule has 1 aromatic carbocycles. The summed E-state index contributed by atoms with van der Waals surface area (Å²) in [6.45, 7) is -1.15. The van der Waals surface area contributed by atoms with Crippen molar-refractivity contribution in [1.82, 2.24) is 10.2 Å². The predicted octanol–water partition coefficient (Wildman–Crippen LogP) is 1.67. The highest BCUT2D eigenvalue weighted by atomic mass is 35.5. The Morgan fingerprint density at radius 2 is 2.21 bits per heavy atom. The predicted molar refractivity (Wildman–Crippen MR) is 86.0 cm³/mol. The summed E-state index contributed by atoms with van der Waals surface area (Å²) in [6, 6.07) is 4.29. The quantitative estimate of drug-likeness (QED) is 0.830. The lowest BCUT2D eigenvalue weighted by Crippen LogP contribution is -2.51. The molecular weight excluding hydrogens is 346 g/mol. The van der Waals surface area contributed by atoms with Crippen LogP contribution in [0.4, 0.5) is 8.78 Å². The van der Waals surface area contributed by atoms with Crippen LogP contribution < -0.4 is 14.8 Å². The van der Waals surface area contributed by atoms with E-state index in [0.717, 1.165) is 0 Å². The van der Waals surface area contributed by atoms with Crippen LogP contribution in [0.3, 0.4) is 0 Å². The number of halogens is 3. The number of likely N-dealkylation sites (N-methyl/N-ethyl adjacent to an activating group) is 1. The minimum atomic E-state index is -2.94. The van der Waals surface area contributed by atoms with E-state index in [4.69, 9.17) is 9.47 Å². The molecule has 0 aromatic heterocycles. The third-order valence-electron chi connectivity index (χ3n) is 3.46. The molecule has 1 aromatic rings. The fourth-order valence-corrected chi connectivity index (χ4v) is 2.35. The zero-order valence-corrected chi connectivity index (χ0v) is 14.3. The fourth-order valence-electron chi connectivity index (χ4n) is 2.35. The van der Waals surface area contributed by atoms with Crippen molar-refractivity contribution in [1.29, 1.82) is 0 Å². The smallest absolute Gasteiger partial charge is 0.387 e. The normalized spacial score (nSPS) is 17.1. The van der Waals surface area contributed by atoms with E-state index in [2.05, 4.69) is 10.1 Å². The molecule has 2 rings (SSSR count). The SMILES string of the molecule is COc1ccc(CN(C)C(=O)C2COCCN2)cc1OC(F)F.Cl. The summed E-state index contributed by atoms with van der Waals surface area (Å²) in [7, 11) is 3.02. The highest BCUT2D eigenvalue weighted by Crippen LogP contribution is 2.29. The zero-order valence-electron chi connectivity index (χ0n) is 13.5. The Hall–Kier alpha value is -1.64. The van der Waals surface area contributed by atoms with Gasteiger partial charge in [0, 0.05) is 20.1 Å². The lowest BCUT2D eigenvalue weighted by molar-refractivity contribution is -0.135. The highest BCUT2D eigenvalue weighted by molar-refractivity contribution is 5.85. The Balaban J connectivity index is 0.00000288. The van der Waals surface area contributed by atoms with E-state index in [1.165, 1.54) is 24.1 Å². The van der Waals surface area contributed by atoms with Gasteiger partial charge in [0.25, 0.3) is 0 Å². The van der Waals surface area contributed by atoms with Crippen LogP contribution in [-0.4, -0.2) is 57.4 Å². The van der Waals surface area contributed by atoms with E-state index < -0.39 is 6.61 Å². The van der Waals surface area contributed by atoms with E-state index in [9.17, 15) is 13.6 Å². The van der Waals surface area contributed by atoms with Crippen LogP contribution in [0.2, 0.25) is 0 Å². The molecule has 0 radical (unpaired) electrons. The van der Waals surface area contributed by atoms with Gasteiger partial charge in [0.2, 0.25) is 5.91 Å². The maximum atomic E-state index is 12.4. The maximum Gasteiger partial charge on any atom is 0.387 e. The van der Waals surface area contributed by atoms with E-state index in [1.54, 1.807) is 13.1 Å². The second-order valence-electron chi connectivity index (χ2n) is 5.14. The van der Waals surface area contributed by atoms with E-state index in [1.807, 2.05) is 0 Å². The van der Waals surface area contributed by atoms with Crippen LogP contribution in [0, 0.1) is 0 Å². The van der Waals surface area contributed by atoms with Crippen molar-refractivity contribution in [2.24, 2.45) is 0 Å². The number of ether oxygens (including phenoxy) is 3. The number of benzene rings is 1. The second-order valence-corrected chi connectivity index (χ2v) is 5.14. The number of rotatable bonds is 6. The number of alkyl halides is 2. The molecule has 1 saturated heterocycles. The third-order valence-corrected chi connectivity index (χ3v) is 3.46. The Bertz CT molecular complexity index is 542. The maximum absolute atomic E-state index is 12.4. The molecule has 1 aliphatic rings. The van der Waals surface area contributed by atoms with Gasteiger partial charge in [-0.2, -0.15) is 8.78 Å². The first-order valence-electron chi connectivity index (χ1n) is 7.19. The number of nitrogens with zero attached hydrogens (tertiary/aromatic N) is 1. The van der Waals surface area contributed by atoms with Crippen LogP contribution in [0.1, 0.15) is 5.56 Å². The Labute approximate surface area is 145 Å².